The fourth-order valence-corrected chi connectivity index (χ4v) is 2.99. The first-order valence-electron chi connectivity index (χ1n) is 7.66. The van der Waals surface area contributed by atoms with Gasteiger partial charge in [0, 0.05) is 11.6 Å². The Balaban J connectivity index is 1.91. The van der Waals surface area contributed by atoms with Gasteiger partial charge in [0.2, 0.25) is 0 Å². The van der Waals surface area contributed by atoms with E-state index in [1.807, 2.05) is 6.07 Å². The molecular weight excluding hydrogens is 250 g/mol. The van der Waals surface area contributed by atoms with Crippen molar-refractivity contribution in [2.75, 3.05) is 13.7 Å². The second kappa shape index (κ2) is 7.09. The van der Waals surface area contributed by atoms with E-state index in [0.717, 1.165) is 38.0 Å². The molecule has 1 aromatic carbocycles. The van der Waals surface area contributed by atoms with E-state index >= 15 is 0 Å². The van der Waals surface area contributed by atoms with E-state index in [0.29, 0.717) is 5.92 Å². The average molecular weight is 277 g/mol. The summed E-state index contributed by atoms with van der Waals surface area (Å²) in [7, 11) is 1.73. The number of aryl methyl sites for hydroxylation is 1. The summed E-state index contributed by atoms with van der Waals surface area (Å²) < 4.78 is 5.45. The van der Waals surface area contributed by atoms with E-state index < -0.39 is 0 Å². The summed E-state index contributed by atoms with van der Waals surface area (Å²) in [5.41, 5.74) is 2.48. The number of hydrogen-bond acceptors (Lipinski definition) is 3. The quantitative estimate of drug-likeness (QED) is 0.868. The van der Waals surface area contributed by atoms with Gasteiger partial charge < -0.3 is 15.2 Å². The molecule has 112 valence electrons. The third-order valence-electron chi connectivity index (χ3n) is 4.38. The van der Waals surface area contributed by atoms with Gasteiger partial charge in [-0.1, -0.05) is 17.7 Å². The Bertz CT molecular complexity index is 425. The van der Waals surface area contributed by atoms with Crippen LogP contribution >= 0.6 is 0 Å². The van der Waals surface area contributed by atoms with Crippen LogP contribution in [0.4, 0.5) is 0 Å². The lowest BCUT2D eigenvalue weighted by molar-refractivity contribution is 0.107. The third-order valence-corrected chi connectivity index (χ3v) is 4.38. The maximum Gasteiger partial charge on any atom is 0.123 e. The molecule has 0 radical (unpaired) electrons. The Morgan fingerprint density at radius 3 is 2.65 bits per heavy atom. The monoisotopic (exact) mass is 277 g/mol. The van der Waals surface area contributed by atoms with Crippen molar-refractivity contribution in [3.05, 3.63) is 29.3 Å². The van der Waals surface area contributed by atoms with Crippen molar-refractivity contribution < 1.29 is 9.84 Å². The summed E-state index contributed by atoms with van der Waals surface area (Å²) >= 11 is 0. The van der Waals surface area contributed by atoms with Crippen LogP contribution in [-0.2, 0) is 0 Å². The Hall–Kier alpha value is -1.06. The van der Waals surface area contributed by atoms with E-state index in [1.165, 1.54) is 11.1 Å². The molecule has 1 aromatic rings. The topological polar surface area (TPSA) is 41.5 Å². The molecule has 0 spiro atoms. The molecule has 1 saturated carbocycles. The fraction of sp³-hybridized carbons (Fsp3) is 0.647. The van der Waals surface area contributed by atoms with Crippen LogP contribution in [0.15, 0.2) is 18.2 Å². The zero-order valence-electron chi connectivity index (χ0n) is 12.9. The molecule has 0 aromatic heterocycles. The molecule has 3 nitrogen and oxygen atoms in total. The molecule has 2 rings (SSSR count). The van der Waals surface area contributed by atoms with Gasteiger partial charge in [0.1, 0.15) is 5.75 Å². The Morgan fingerprint density at radius 2 is 2.00 bits per heavy atom. The van der Waals surface area contributed by atoms with Gasteiger partial charge in [-0.15, -0.1) is 0 Å². The third kappa shape index (κ3) is 3.97. The summed E-state index contributed by atoms with van der Waals surface area (Å²) in [5.74, 6) is 1.64. The maximum atomic E-state index is 9.54. The van der Waals surface area contributed by atoms with Gasteiger partial charge >= 0.3 is 0 Å². The SMILES string of the molecule is COc1ccc(C)cc1C(C)NCC1CCC(O)CC1. The molecule has 20 heavy (non-hydrogen) atoms. The van der Waals surface area contributed by atoms with Gasteiger partial charge in [0.25, 0.3) is 0 Å². The molecule has 1 unspecified atom stereocenters. The lowest BCUT2D eigenvalue weighted by atomic mass is 9.87. The molecule has 3 heteroatoms. The highest BCUT2D eigenvalue weighted by molar-refractivity contribution is 5.38. The van der Waals surface area contributed by atoms with Crippen molar-refractivity contribution in [3.63, 3.8) is 0 Å². The van der Waals surface area contributed by atoms with Crippen LogP contribution < -0.4 is 10.1 Å². The van der Waals surface area contributed by atoms with Gasteiger partial charge in [-0.05, 0) is 58.1 Å². The largest absolute Gasteiger partial charge is 0.496 e. The van der Waals surface area contributed by atoms with Crippen LogP contribution in [0.3, 0.4) is 0 Å². The standard InChI is InChI=1S/C17H27NO2/c1-12-4-9-17(20-3)16(10-12)13(2)18-11-14-5-7-15(19)8-6-14/h4,9-10,13-15,18-19H,5-8,11H2,1-3H3. The summed E-state index contributed by atoms with van der Waals surface area (Å²) in [6.07, 6.45) is 4.10. The number of nitrogens with one attached hydrogen (secondary N) is 1. The molecule has 1 fully saturated rings. The zero-order valence-corrected chi connectivity index (χ0v) is 12.9. The summed E-state index contributed by atoms with van der Waals surface area (Å²) in [6, 6.07) is 6.61. The molecule has 0 aliphatic heterocycles. The van der Waals surface area contributed by atoms with Crippen LogP contribution in [-0.4, -0.2) is 24.9 Å². The first-order chi connectivity index (χ1) is 9.60. The van der Waals surface area contributed by atoms with Crippen molar-refractivity contribution in [3.8, 4) is 5.75 Å². The number of ether oxygens (including phenoxy) is 1. The molecular formula is C17H27NO2. The maximum absolute atomic E-state index is 9.54. The average Bonchev–Trinajstić information content (AvgIpc) is 2.46. The molecule has 1 aliphatic rings. The minimum Gasteiger partial charge on any atom is -0.496 e. The summed E-state index contributed by atoms with van der Waals surface area (Å²) in [5, 5.41) is 13.2. The summed E-state index contributed by atoms with van der Waals surface area (Å²) in [4.78, 5) is 0. The highest BCUT2D eigenvalue weighted by Crippen LogP contribution is 2.28. The molecule has 0 heterocycles. The Labute approximate surface area is 122 Å². The van der Waals surface area contributed by atoms with E-state index in [4.69, 9.17) is 4.74 Å². The normalized spacial score (nSPS) is 24.4. The van der Waals surface area contributed by atoms with E-state index in [-0.39, 0.29) is 12.1 Å². The van der Waals surface area contributed by atoms with E-state index in [1.54, 1.807) is 7.11 Å². The van der Waals surface area contributed by atoms with Crippen molar-refractivity contribution in [2.24, 2.45) is 5.92 Å². The smallest absolute Gasteiger partial charge is 0.123 e. The molecule has 2 N–H and O–H groups in total. The van der Waals surface area contributed by atoms with Gasteiger partial charge in [0.05, 0.1) is 13.2 Å². The van der Waals surface area contributed by atoms with Crippen molar-refractivity contribution in [1.82, 2.24) is 5.32 Å². The van der Waals surface area contributed by atoms with Crippen LogP contribution in [0.1, 0.15) is 49.8 Å². The van der Waals surface area contributed by atoms with Crippen molar-refractivity contribution >= 4 is 0 Å². The van der Waals surface area contributed by atoms with Crippen LogP contribution in [0.5, 0.6) is 5.75 Å². The number of hydrogen-bond donors (Lipinski definition) is 2. The van der Waals surface area contributed by atoms with E-state index in [2.05, 4.69) is 31.3 Å². The lowest BCUT2D eigenvalue weighted by Gasteiger charge is -2.27. The van der Waals surface area contributed by atoms with Crippen LogP contribution in [0.2, 0.25) is 0 Å². The molecule has 0 saturated heterocycles. The van der Waals surface area contributed by atoms with Crippen LogP contribution in [0, 0.1) is 12.8 Å². The number of methoxy groups -OCH3 is 1. The lowest BCUT2D eigenvalue weighted by Crippen LogP contribution is -2.29. The first-order valence-corrected chi connectivity index (χ1v) is 7.66. The highest BCUT2D eigenvalue weighted by Gasteiger charge is 2.20. The van der Waals surface area contributed by atoms with Gasteiger partial charge in [-0.25, -0.2) is 0 Å². The Morgan fingerprint density at radius 1 is 1.30 bits per heavy atom. The van der Waals surface area contributed by atoms with Gasteiger partial charge in [-0.2, -0.15) is 0 Å². The van der Waals surface area contributed by atoms with Crippen molar-refractivity contribution in [1.29, 1.82) is 0 Å². The molecule has 0 bridgehead atoms. The number of aliphatic hydroxyl groups excluding tert-OH is 1. The van der Waals surface area contributed by atoms with Gasteiger partial charge in [-0.3, -0.25) is 0 Å². The molecule has 1 aliphatic carbocycles. The predicted molar refractivity (Wildman–Crippen MR) is 82.1 cm³/mol. The highest BCUT2D eigenvalue weighted by atomic mass is 16.5. The number of aliphatic hydroxyl groups is 1. The van der Waals surface area contributed by atoms with E-state index in [9.17, 15) is 5.11 Å². The second-order valence-corrected chi connectivity index (χ2v) is 6.05. The van der Waals surface area contributed by atoms with Crippen LogP contribution in [0.25, 0.3) is 0 Å². The zero-order chi connectivity index (χ0) is 14.5. The van der Waals surface area contributed by atoms with Crippen molar-refractivity contribution in [2.45, 2.75) is 51.7 Å². The number of benzene rings is 1. The molecule has 1 atom stereocenters. The van der Waals surface area contributed by atoms with Gasteiger partial charge in [0.15, 0.2) is 0 Å². The summed E-state index contributed by atoms with van der Waals surface area (Å²) in [6.45, 7) is 5.32. The minimum absolute atomic E-state index is 0.0689. The molecule has 0 amide bonds. The predicted octanol–water partition coefficient (Wildman–Crippen LogP) is 3.21. The Kier molecular flexibility index (Phi) is 5.44. The second-order valence-electron chi connectivity index (χ2n) is 6.05. The fourth-order valence-electron chi connectivity index (χ4n) is 2.99. The first kappa shape index (κ1) is 15.3. The number of rotatable bonds is 5. The minimum atomic E-state index is -0.0689.